The van der Waals surface area contributed by atoms with E-state index in [0.29, 0.717) is 13.1 Å². The van der Waals surface area contributed by atoms with Crippen LogP contribution in [0.15, 0.2) is 23.1 Å². The zero-order valence-corrected chi connectivity index (χ0v) is 12.6. The number of amides is 1. The van der Waals surface area contributed by atoms with Gasteiger partial charge >= 0.3 is 0 Å². The standard InChI is InChI=1S/C13H18FN3O3S/c1-16(9-13(18)17-6-2-3-7-17)21(19,20)10-4-5-12(15)11(14)8-10/h4-5,8H,2-3,6-7,9,15H2,1H3. The van der Waals surface area contributed by atoms with Gasteiger partial charge in [0, 0.05) is 20.1 Å². The maximum Gasteiger partial charge on any atom is 0.243 e. The van der Waals surface area contributed by atoms with Gasteiger partial charge in [-0.25, -0.2) is 12.8 Å². The molecule has 0 radical (unpaired) electrons. The van der Waals surface area contributed by atoms with E-state index in [2.05, 4.69) is 0 Å². The molecule has 2 rings (SSSR count). The van der Waals surface area contributed by atoms with E-state index >= 15 is 0 Å². The molecular formula is C13H18FN3O3S. The van der Waals surface area contributed by atoms with Crippen LogP contribution in [0.5, 0.6) is 0 Å². The number of hydrogen-bond donors (Lipinski definition) is 1. The third-order valence-corrected chi connectivity index (χ3v) is 5.30. The molecule has 1 aliphatic heterocycles. The maximum absolute atomic E-state index is 13.4. The van der Waals surface area contributed by atoms with Gasteiger partial charge in [-0.05, 0) is 31.0 Å². The monoisotopic (exact) mass is 315 g/mol. The van der Waals surface area contributed by atoms with Gasteiger partial charge in [-0.3, -0.25) is 4.79 Å². The zero-order chi connectivity index (χ0) is 15.6. The van der Waals surface area contributed by atoms with Crippen molar-refractivity contribution in [3.63, 3.8) is 0 Å². The van der Waals surface area contributed by atoms with Gasteiger partial charge in [-0.15, -0.1) is 0 Å². The second-order valence-electron chi connectivity index (χ2n) is 5.03. The van der Waals surface area contributed by atoms with E-state index in [9.17, 15) is 17.6 Å². The van der Waals surface area contributed by atoms with E-state index in [1.165, 1.54) is 19.2 Å². The van der Waals surface area contributed by atoms with Crippen LogP contribution in [0.25, 0.3) is 0 Å². The molecule has 0 aliphatic carbocycles. The summed E-state index contributed by atoms with van der Waals surface area (Å²) in [4.78, 5) is 13.4. The van der Waals surface area contributed by atoms with Crippen LogP contribution in [0.4, 0.5) is 10.1 Å². The second kappa shape index (κ2) is 5.98. The number of halogens is 1. The molecule has 0 saturated carbocycles. The lowest BCUT2D eigenvalue weighted by Gasteiger charge is -2.21. The summed E-state index contributed by atoms with van der Waals surface area (Å²) in [5, 5.41) is 0. The zero-order valence-electron chi connectivity index (χ0n) is 11.8. The third kappa shape index (κ3) is 3.33. The first kappa shape index (κ1) is 15.7. The molecule has 1 amide bonds. The number of nitrogens with two attached hydrogens (primary N) is 1. The highest BCUT2D eigenvalue weighted by atomic mass is 32.2. The Morgan fingerprint density at radius 1 is 1.38 bits per heavy atom. The number of benzene rings is 1. The Kier molecular flexibility index (Phi) is 4.48. The van der Waals surface area contributed by atoms with Crippen LogP contribution in [0.3, 0.4) is 0 Å². The van der Waals surface area contributed by atoms with Crippen LogP contribution in [0.1, 0.15) is 12.8 Å². The van der Waals surface area contributed by atoms with Gasteiger partial charge in [-0.1, -0.05) is 0 Å². The molecule has 1 saturated heterocycles. The molecule has 1 fully saturated rings. The summed E-state index contributed by atoms with van der Waals surface area (Å²) in [6.45, 7) is 1.06. The highest BCUT2D eigenvalue weighted by molar-refractivity contribution is 7.89. The fourth-order valence-electron chi connectivity index (χ4n) is 2.19. The molecule has 0 aromatic heterocycles. The van der Waals surface area contributed by atoms with Crippen LogP contribution in [-0.2, 0) is 14.8 Å². The minimum absolute atomic E-state index is 0.121. The van der Waals surface area contributed by atoms with Gasteiger partial charge < -0.3 is 10.6 Å². The van der Waals surface area contributed by atoms with Gasteiger partial charge in [0.1, 0.15) is 5.82 Å². The average molecular weight is 315 g/mol. The summed E-state index contributed by atoms with van der Waals surface area (Å²) in [6, 6.07) is 3.28. The van der Waals surface area contributed by atoms with Crippen molar-refractivity contribution in [2.24, 2.45) is 0 Å². The first-order valence-electron chi connectivity index (χ1n) is 6.61. The molecule has 0 spiro atoms. The largest absolute Gasteiger partial charge is 0.396 e. The van der Waals surface area contributed by atoms with Crippen molar-refractivity contribution < 1.29 is 17.6 Å². The van der Waals surface area contributed by atoms with Crippen LogP contribution in [0.2, 0.25) is 0 Å². The highest BCUT2D eigenvalue weighted by Gasteiger charge is 2.26. The molecule has 1 aromatic carbocycles. The van der Waals surface area contributed by atoms with E-state index in [1.54, 1.807) is 4.90 Å². The Bertz CT molecular complexity index is 642. The molecule has 1 aliphatic rings. The lowest BCUT2D eigenvalue weighted by Crippen LogP contribution is -2.39. The molecular weight excluding hydrogens is 297 g/mol. The topological polar surface area (TPSA) is 83.7 Å². The lowest BCUT2D eigenvalue weighted by molar-refractivity contribution is -0.130. The molecule has 2 N–H and O–H groups in total. The Balaban J connectivity index is 2.14. The fourth-order valence-corrected chi connectivity index (χ4v) is 3.32. The molecule has 1 heterocycles. The average Bonchev–Trinajstić information content (AvgIpc) is 2.95. The molecule has 21 heavy (non-hydrogen) atoms. The summed E-state index contributed by atoms with van der Waals surface area (Å²) in [6.07, 6.45) is 1.87. The molecule has 116 valence electrons. The minimum Gasteiger partial charge on any atom is -0.396 e. The SMILES string of the molecule is CN(CC(=O)N1CCCC1)S(=O)(=O)c1ccc(N)c(F)c1. The minimum atomic E-state index is -3.91. The van der Waals surface area contributed by atoms with Gasteiger partial charge in [0.05, 0.1) is 17.1 Å². The Morgan fingerprint density at radius 2 is 2.00 bits per heavy atom. The Labute approximate surface area is 123 Å². The Morgan fingerprint density at radius 3 is 2.57 bits per heavy atom. The molecule has 1 aromatic rings. The van der Waals surface area contributed by atoms with Crippen LogP contribution < -0.4 is 5.73 Å². The predicted molar refractivity (Wildman–Crippen MR) is 76.4 cm³/mol. The first-order valence-corrected chi connectivity index (χ1v) is 8.05. The fraction of sp³-hybridized carbons (Fsp3) is 0.462. The van der Waals surface area contributed by atoms with Crippen molar-refractivity contribution in [3.8, 4) is 0 Å². The number of carbonyl (C=O) groups is 1. The van der Waals surface area contributed by atoms with Crippen molar-refractivity contribution in [2.75, 3.05) is 32.4 Å². The molecule has 6 nitrogen and oxygen atoms in total. The quantitative estimate of drug-likeness (QED) is 0.827. The van der Waals surface area contributed by atoms with Gasteiger partial charge in [-0.2, -0.15) is 4.31 Å². The maximum atomic E-state index is 13.4. The lowest BCUT2D eigenvalue weighted by atomic mass is 10.3. The number of anilines is 1. The van der Waals surface area contributed by atoms with Crippen molar-refractivity contribution in [1.82, 2.24) is 9.21 Å². The number of carbonyl (C=O) groups excluding carboxylic acids is 1. The van der Waals surface area contributed by atoms with Crippen LogP contribution in [-0.4, -0.2) is 50.2 Å². The summed E-state index contributed by atoms with van der Waals surface area (Å²) >= 11 is 0. The summed E-state index contributed by atoms with van der Waals surface area (Å²) < 4.78 is 38.9. The molecule has 8 heteroatoms. The third-order valence-electron chi connectivity index (χ3n) is 3.50. The van der Waals surface area contributed by atoms with Crippen molar-refractivity contribution >= 4 is 21.6 Å². The number of likely N-dealkylation sites (tertiary alicyclic amines) is 1. The molecule has 0 atom stereocenters. The second-order valence-corrected chi connectivity index (χ2v) is 7.08. The number of nitrogens with zero attached hydrogens (tertiary/aromatic N) is 2. The number of hydrogen-bond acceptors (Lipinski definition) is 4. The first-order chi connectivity index (χ1) is 9.82. The van der Waals surface area contributed by atoms with Crippen molar-refractivity contribution in [2.45, 2.75) is 17.7 Å². The van der Waals surface area contributed by atoms with E-state index in [4.69, 9.17) is 5.73 Å². The Hall–Kier alpha value is -1.67. The van der Waals surface area contributed by atoms with Crippen molar-refractivity contribution in [1.29, 1.82) is 0 Å². The smallest absolute Gasteiger partial charge is 0.243 e. The van der Waals surface area contributed by atoms with Crippen LogP contribution >= 0.6 is 0 Å². The summed E-state index contributed by atoms with van der Waals surface area (Å²) in [7, 11) is -2.61. The predicted octanol–water partition coefficient (Wildman–Crippen LogP) is 0.651. The van der Waals surface area contributed by atoms with Gasteiger partial charge in [0.2, 0.25) is 15.9 Å². The number of rotatable bonds is 4. The number of sulfonamides is 1. The summed E-state index contributed by atoms with van der Waals surface area (Å²) in [5.41, 5.74) is 5.21. The van der Waals surface area contributed by atoms with E-state index in [1.807, 2.05) is 0 Å². The van der Waals surface area contributed by atoms with Crippen LogP contribution in [0, 0.1) is 5.82 Å². The van der Waals surface area contributed by atoms with Crippen molar-refractivity contribution in [3.05, 3.63) is 24.0 Å². The van der Waals surface area contributed by atoms with E-state index < -0.39 is 15.8 Å². The normalized spacial score (nSPS) is 15.7. The van der Waals surface area contributed by atoms with E-state index in [-0.39, 0.29) is 23.0 Å². The summed E-state index contributed by atoms with van der Waals surface area (Å²) in [5.74, 6) is -1.04. The number of nitrogen functional groups attached to an aromatic ring is 1. The number of likely N-dealkylation sites (N-methyl/N-ethyl adjacent to an activating group) is 1. The van der Waals surface area contributed by atoms with Gasteiger partial charge in [0.25, 0.3) is 0 Å². The molecule has 0 bridgehead atoms. The highest BCUT2D eigenvalue weighted by Crippen LogP contribution is 2.19. The molecule has 0 unspecified atom stereocenters. The van der Waals surface area contributed by atoms with Gasteiger partial charge in [0.15, 0.2) is 0 Å². The van der Waals surface area contributed by atoms with E-state index in [0.717, 1.165) is 23.2 Å².